The normalized spacial score (nSPS) is 15.0. The Bertz CT molecular complexity index is 1020. The van der Waals surface area contributed by atoms with E-state index >= 15 is 0 Å². The van der Waals surface area contributed by atoms with E-state index in [0.717, 1.165) is 31.4 Å². The van der Waals surface area contributed by atoms with Gasteiger partial charge in [0.2, 0.25) is 10.0 Å². The first-order valence-electron chi connectivity index (χ1n) is 8.95. The number of rotatable bonds is 4. The van der Waals surface area contributed by atoms with Crippen molar-refractivity contribution in [3.63, 3.8) is 0 Å². The molecule has 3 rings (SSSR count). The van der Waals surface area contributed by atoms with Gasteiger partial charge in [-0.1, -0.05) is 18.0 Å². The fraction of sp³-hybridized carbons (Fsp3) is 0.263. The summed E-state index contributed by atoms with van der Waals surface area (Å²) in [6, 6.07) is 8.64. The molecule has 0 spiro atoms. The number of sulfonamides is 1. The van der Waals surface area contributed by atoms with Crippen LogP contribution >= 0.6 is 11.6 Å². The Morgan fingerprint density at radius 1 is 0.897 bits per heavy atom. The summed E-state index contributed by atoms with van der Waals surface area (Å²) in [6.07, 6.45) is 2.51. The lowest BCUT2D eigenvalue weighted by molar-refractivity contribution is 0.0846. The van der Waals surface area contributed by atoms with Crippen molar-refractivity contribution in [1.29, 1.82) is 0 Å². The maximum Gasteiger partial charge on any atom is 0.269 e. The SMILES string of the molecule is O=C(NNC(=O)c1ccc(Cl)c(S(=O)(=O)N2CCCCC2)c1)c1ccc(F)cc1. The van der Waals surface area contributed by atoms with Crippen molar-refractivity contribution in [2.45, 2.75) is 24.2 Å². The maximum atomic E-state index is 12.9. The predicted octanol–water partition coefficient (Wildman–Crippen LogP) is 2.73. The van der Waals surface area contributed by atoms with Crippen LogP contribution in [0.15, 0.2) is 47.4 Å². The van der Waals surface area contributed by atoms with Crippen molar-refractivity contribution in [3.05, 3.63) is 64.4 Å². The summed E-state index contributed by atoms with van der Waals surface area (Å²) in [4.78, 5) is 24.2. The number of benzene rings is 2. The molecule has 154 valence electrons. The standard InChI is InChI=1S/C19H19ClFN3O4S/c20-16-9-6-14(12-17(16)29(27,28)24-10-2-1-3-11-24)19(26)23-22-18(25)13-4-7-15(21)8-5-13/h4-9,12H,1-3,10-11H2,(H,22,25)(H,23,26). The van der Waals surface area contributed by atoms with E-state index in [1.165, 1.54) is 34.6 Å². The van der Waals surface area contributed by atoms with E-state index in [4.69, 9.17) is 11.6 Å². The molecule has 1 fully saturated rings. The molecule has 2 N–H and O–H groups in total. The quantitative estimate of drug-likeness (QED) is 0.716. The van der Waals surface area contributed by atoms with Crippen LogP contribution in [0.3, 0.4) is 0 Å². The molecule has 1 heterocycles. The van der Waals surface area contributed by atoms with Gasteiger partial charge in [-0.3, -0.25) is 20.4 Å². The number of halogens is 2. The molecule has 0 aromatic heterocycles. The van der Waals surface area contributed by atoms with E-state index in [0.29, 0.717) is 13.1 Å². The highest BCUT2D eigenvalue weighted by Crippen LogP contribution is 2.27. The summed E-state index contributed by atoms with van der Waals surface area (Å²) in [7, 11) is -3.83. The molecule has 2 aromatic carbocycles. The highest BCUT2D eigenvalue weighted by Gasteiger charge is 2.28. The molecule has 0 radical (unpaired) electrons. The average Bonchev–Trinajstić information content (AvgIpc) is 2.73. The molecular formula is C19H19ClFN3O4S. The summed E-state index contributed by atoms with van der Waals surface area (Å²) in [5, 5.41) is 0.0162. The van der Waals surface area contributed by atoms with E-state index in [1.807, 2.05) is 0 Å². The Balaban J connectivity index is 1.73. The van der Waals surface area contributed by atoms with Crippen molar-refractivity contribution in [2.75, 3.05) is 13.1 Å². The molecule has 0 saturated carbocycles. The van der Waals surface area contributed by atoms with Gasteiger partial charge in [0.15, 0.2) is 0 Å². The summed E-state index contributed by atoms with van der Waals surface area (Å²) in [5.74, 6) is -1.85. The zero-order valence-corrected chi connectivity index (χ0v) is 16.9. The second-order valence-electron chi connectivity index (χ2n) is 6.53. The van der Waals surface area contributed by atoms with E-state index < -0.39 is 27.7 Å². The number of carbonyl (C=O) groups is 2. The third kappa shape index (κ3) is 4.92. The molecule has 1 aliphatic heterocycles. The van der Waals surface area contributed by atoms with Gasteiger partial charge in [-0.2, -0.15) is 4.31 Å². The van der Waals surface area contributed by atoms with Crippen molar-refractivity contribution in [3.8, 4) is 0 Å². The lowest BCUT2D eigenvalue weighted by Gasteiger charge is -2.26. The highest BCUT2D eigenvalue weighted by molar-refractivity contribution is 7.89. The molecule has 2 aromatic rings. The van der Waals surface area contributed by atoms with Gasteiger partial charge in [-0.15, -0.1) is 0 Å². The lowest BCUT2D eigenvalue weighted by Crippen LogP contribution is -2.41. The fourth-order valence-corrected chi connectivity index (χ4v) is 4.96. The second kappa shape index (κ2) is 8.89. The minimum Gasteiger partial charge on any atom is -0.267 e. The molecule has 0 bridgehead atoms. The molecule has 0 atom stereocenters. The average molecular weight is 440 g/mol. The van der Waals surface area contributed by atoms with Crippen molar-refractivity contribution in [2.24, 2.45) is 0 Å². The van der Waals surface area contributed by atoms with Gasteiger partial charge in [-0.25, -0.2) is 12.8 Å². The number of hydrogen-bond donors (Lipinski definition) is 2. The van der Waals surface area contributed by atoms with Gasteiger partial charge in [0.25, 0.3) is 11.8 Å². The zero-order valence-electron chi connectivity index (χ0n) is 15.3. The molecule has 1 aliphatic rings. The molecule has 10 heteroatoms. The molecule has 2 amide bonds. The van der Waals surface area contributed by atoms with Crippen LogP contribution in [0.1, 0.15) is 40.0 Å². The minimum absolute atomic E-state index is 0.0162. The lowest BCUT2D eigenvalue weighted by atomic mass is 10.2. The van der Waals surface area contributed by atoms with Crippen LogP contribution < -0.4 is 10.9 Å². The monoisotopic (exact) mass is 439 g/mol. The predicted molar refractivity (Wildman–Crippen MR) is 105 cm³/mol. The number of nitrogens with one attached hydrogen (secondary N) is 2. The second-order valence-corrected chi connectivity index (χ2v) is 8.84. The van der Waals surface area contributed by atoms with Gasteiger partial charge < -0.3 is 0 Å². The van der Waals surface area contributed by atoms with Crippen LogP contribution in [-0.4, -0.2) is 37.6 Å². The number of amides is 2. The third-order valence-corrected chi connectivity index (χ3v) is 6.90. The van der Waals surface area contributed by atoms with Crippen LogP contribution in [0.2, 0.25) is 5.02 Å². The van der Waals surface area contributed by atoms with Gasteiger partial charge in [0.1, 0.15) is 10.7 Å². The minimum atomic E-state index is -3.83. The first kappa shape index (κ1) is 21.2. The number of hydrazine groups is 1. The summed E-state index contributed by atoms with van der Waals surface area (Å²) in [6.45, 7) is 0.811. The smallest absolute Gasteiger partial charge is 0.267 e. The molecule has 0 unspecified atom stereocenters. The van der Waals surface area contributed by atoms with Crippen LogP contribution in [0.4, 0.5) is 4.39 Å². The first-order chi connectivity index (χ1) is 13.8. The van der Waals surface area contributed by atoms with Crippen LogP contribution in [0.25, 0.3) is 0 Å². The Kier molecular flexibility index (Phi) is 6.51. The van der Waals surface area contributed by atoms with Crippen LogP contribution in [0, 0.1) is 5.82 Å². The Labute approximate surface area is 172 Å². The Morgan fingerprint density at radius 3 is 2.07 bits per heavy atom. The van der Waals surface area contributed by atoms with Crippen molar-refractivity contribution in [1.82, 2.24) is 15.2 Å². The molecule has 7 nitrogen and oxygen atoms in total. The van der Waals surface area contributed by atoms with E-state index in [1.54, 1.807) is 0 Å². The van der Waals surface area contributed by atoms with Crippen molar-refractivity contribution < 1.29 is 22.4 Å². The Hall–Kier alpha value is -2.49. The summed E-state index contributed by atoms with van der Waals surface area (Å²) >= 11 is 6.09. The maximum absolute atomic E-state index is 12.9. The number of piperidine rings is 1. The zero-order chi connectivity index (χ0) is 21.0. The van der Waals surface area contributed by atoms with Gasteiger partial charge in [-0.05, 0) is 55.3 Å². The largest absolute Gasteiger partial charge is 0.269 e. The fourth-order valence-electron chi connectivity index (χ4n) is 2.95. The van der Waals surface area contributed by atoms with E-state index in [9.17, 15) is 22.4 Å². The van der Waals surface area contributed by atoms with Crippen LogP contribution in [-0.2, 0) is 10.0 Å². The molecule has 0 aliphatic carbocycles. The number of hydrogen-bond acceptors (Lipinski definition) is 4. The summed E-state index contributed by atoms with van der Waals surface area (Å²) < 4.78 is 40.0. The number of carbonyl (C=O) groups excluding carboxylic acids is 2. The molecular weight excluding hydrogens is 421 g/mol. The van der Waals surface area contributed by atoms with Gasteiger partial charge in [0, 0.05) is 24.2 Å². The molecule has 1 saturated heterocycles. The van der Waals surface area contributed by atoms with Crippen molar-refractivity contribution >= 4 is 33.4 Å². The number of nitrogens with zero attached hydrogens (tertiary/aromatic N) is 1. The van der Waals surface area contributed by atoms with E-state index in [2.05, 4.69) is 10.9 Å². The first-order valence-corrected chi connectivity index (χ1v) is 10.8. The van der Waals surface area contributed by atoms with Crippen LogP contribution in [0.5, 0.6) is 0 Å². The van der Waals surface area contributed by atoms with Gasteiger partial charge >= 0.3 is 0 Å². The topological polar surface area (TPSA) is 95.6 Å². The molecule has 29 heavy (non-hydrogen) atoms. The van der Waals surface area contributed by atoms with E-state index in [-0.39, 0.29) is 21.0 Å². The third-order valence-electron chi connectivity index (χ3n) is 4.52. The summed E-state index contributed by atoms with van der Waals surface area (Å²) in [5.41, 5.74) is 4.57. The van der Waals surface area contributed by atoms with Gasteiger partial charge in [0.05, 0.1) is 5.02 Å². The Morgan fingerprint density at radius 2 is 1.45 bits per heavy atom. The highest BCUT2D eigenvalue weighted by atomic mass is 35.5.